The van der Waals surface area contributed by atoms with Gasteiger partial charge in [-0.1, -0.05) is 0 Å². The van der Waals surface area contributed by atoms with Gasteiger partial charge in [0, 0.05) is 0 Å². The molecule has 1 N–H and O–H groups in total. The molecule has 3 nitrogen and oxygen atoms in total. The van der Waals surface area contributed by atoms with Crippen molar-refractivity contribution in [2.24, 2.45) is 0 Å². The molecule has 1 aromatic rings. The smallest absolute Gasteiger partial charge is 0.183 e. The van der Waals surface area contributed by atoms with Crippen LogP contribution in [0, 0.1) is 0 Å². The van der Waals surface area contributed by atoms with Crippen LogP contribution in [0.4, 0.5) is 0 Å². The fourth-order valence-corrected chi connectivity index (χ4v) is 1.36. The van der Waals surface area contributed by atoms with Gasteiger partial charge < -0.3 is 9.25 Å². The van der Waals surface area contributed by atoms with Gasteiger partial charge in [-0.2, -0.15) is 5.48 Å². The first-order valence-electron chi connectivity index (χ1n) is 3.52. The number of nitrogens with one attached hydrogen (secondary N) is 1. The largest absolute Gasteiger partial charge is 0.452 e. The molecule has 0 atom stereocenters. The van der Waals surface area contributed by atoms with Crippen molar-refractivity contribution in [2.45, 2.75) is 13.5 Å². The normalized spacial score (nSPS) is 10.6. The van der Waals surface area contributed by atoms with E-state index in [2.05, 4.69) is 37.3 Å². The SMILES string of the molecule is CCONCc1cc(Br)c(Br)o1. The molecule has 0 unspecified atom stereocenters. The maximum absolute atomic E-state index is 5.29. The highest BCUT2D eigenvalue weighted by atomic mass is 79.9. The molecule has 68 valence electrons. The second-order valence-corrected chi connectivity index (χ2v) is 3.66. The first kappa shape index (κ1) is 10.2. The Hall–Kier alpha value is 0.160. The van der Waals surface area contributed by atoms with E-state index in [1.807, 2.05) is 13.0 Å². The Morgan fingerprint density at radius 2 is 2.33 bits per heavy atom. The van der Waals surface area contributed by atoms with Crippen molar-refractivity contribution >= 4 is 31.9 Å². The van der Waals surface area contributed by atoms with Crippen molar-refractivity contribution in [1.29, 1.82) is 0 Å². The maximum atomic E-state index is 5.29. The standard InChI is InChI=1S/C7H9Br2NO2/c1-2-11-10-4-5-3-6(8)7(9)12-5/h3,10H,2,4H2,1H3. The van der Waals surface area contributed by atoms with E-state index in [1.54, 1.807) is 0 Å². The van der Waals surface area contributed by atoms with Crippen LogP contribution in [0.2, 0.25) is 0 Å². The molecule has 0 saturated carbocycles. The summed E-state index contributed by atoms with van der Waals surface area (Å²) in [5.74, 6) is 0.821. The molecule has 12 heavy (non-hydrogen) atoms. The Kier molecular flexibility index (Phi) is 4.28. The summed E-state index contributed by atoms with van der Waals surface area (Å²) in [4.78, 5) is 4.95. The molecule has 0 amide bonds. The summed E-state index contributed by atoms with van der Waals surface area (Å²) in [7, 11) is 0. The number of hydroxylamine groups is 1. The fraction of sp³-hybridized carbons (Fsp3) is 0.429. The molecule has 0 bridgehead atoms. The highest BCUT2D eigenvalue weighted by molar-refractivity contribution is 9.13. The second kappa shape index (κ2) is 5.01. The van der Waals surface area contributed by atoms with Crippen LogP contribution in [0.25, 0.3) is 0 Å². The molecule has 0 spiro atoms. The van der Waals surface area contributed by atoms with Crippen LogP contribution in [0.15, 0.2) is 19.6 Å². The van der Waals surface area contributed by atoms with Gasteiger partial charge in [-0.25, -0.2) is 0 Å². The summed E-state index contributed by atoms with van der Waals surface area (Å²) in [5, 5.41) is 0. The summed E-state index contributed by atoms with van der Waals surface area (Å²) < 4.78 is 6.91. The lowest BCUT2D eigenvalue weighted by atomic mass is 10.5. The van der Waals surface area contributed by atoms with Crippen LogP contribution < -0.4 is 5.48 Å². The zero-order chi connectivity index (χ0) is 8.97. The summed E-state index contributed by atoms with van der Waals surface area (Å²) in [6.07, 6.45) is 0. The van der Waals surface area contributed by atoms with Gasteiger partial charge in [-0.15, -0.1) is 0 Å². The van der Waals surface area contributed by atoms with Gasteiger partial charge in [0.05, 0.1) is 17.6 Å². The molecule has 5 heteroatoms. The van der Waals surface area contributed by atoms with Crippen molar-refractivity contribution in [3.8, 4) is 0 Å². The maximum Gasteiger partial charge on any atom is 0.183 e. The van der Waals surface area contributed by atoms with Crippen LogP contribution in [0.3, 0.4) is 0 Å². The quantitative estimate of drug-likeness (QED) is 0.686. The van der Waals surface area contributed by atoms with Gasteiger partial charge in [-0.3, -0.25) is 0 Å². The monoisotopic (exact) mass is 297 g/mol. The van der Waals surface area contributed by atoms with Crippen molar-refractivity contribution in [2.75, 3.05) is 6.61 Å². The van der Waals surface area contributed by atoms with E-state index in [4.69, 9.17) is 9.25 Å². The van der Waals surface area contributed by atoms with Gasteiger partial charge >= 0.3 is 0 Å². The predicted molar refractivity (Wildman–Crippen MR) is 52.6 cm³/mol. The average molecular weight is 299 g/mol. The highest BCUT2D eigenvalue weighted by Gasteiger charge is 2.04. The Morgan fingerprint density at radius 1 is 1.58 bits per heavy atom. The lowest BCUT2D eigenvalue weighted by Crippen LogP contribution is -2.12. The molecule has 1 aromatic heterocycles. The zero-order valence-electron chi connectivity index (χ0n) is 6.56. The molecule has 1 rings (SSSR count). The minimum atomic E-state index is 0.568. The molecule has 0 aromatic carbocycles. The third kappa shape index (κ3) is 2.90. The lowest BCUT2D eigenvalue weighted by molar-refractivity contribution is 0.0424. The van der Waals surface area contributed by atoms with E-state index in [1.165, 1.54) is 0 Å². The molecule has 0 saturated heterocycles. The summed E-state index contributed by atoms with van der Waals surface area (Å²) >= 11 is 6.56. The number of hydrogen-bond acceptors (Lipinski definition) is 3. The van der Waals surface area contributed by atoms with Crippen LogP contribution in [0.1, 0.15) is 12.7 Å². The van der Waals surface area contributed by atoms with E-state index in [0.29, 0.717) is 17.8 Å². The lowest BCUT2D eigenvalue weighted by Gasteiger charge is -1.98. The average Bonchev–Trinajstić information content (AvgIpc) is 2.32. The molecule has 0 fully saturated rings. The molecule has 0 radical (unpaired) electrons. The zero-order valence-corrected chi connectivity index (χ0v) is 9.74. The molecular weight excluding hydrogens is 290 g/mol. The number of hydrogen-bond donors (Lipinski definition) is 1. The molecular formula is C7H9Br2NO2. The van der Waals surface area contributed by atoms with Crippen LogP contribution in [0.5, 0.6) is 0 Å². The molecule has 0 aliphatic rings. The van der Waals surface area contributed by atoms with E-state index in [0.717, 1.165) is 10.2 Å². The van der Waals surface area contributed by atoms with Gasteiger partial charge in [0.2, 0.25) is 0 Å². The van der Waals surface area contributed by atoms with Gasteiger partial charge in [0.15, 0.2) is 4.67 Å². The fourth-order valence-electron chi connectivity index (χ4n) is 0.703. The summed E-state index contributed by atoms with van der Waals surface area (Å²) in [5.41, 5.74) is 2.76. The van der Waals surface area contributed by atoms with Gasteiger partial charge in [0.25, 0.3) is 0 Å². The van der Waals surface area contributed by atoms with E-state index < -0.39 is 0 Å². The van der Waals surface area contributed by atoms with Crippen molar-refractivity contribution in [3.05, 3.63) is 21.0 Å². The Morgan fingerprint density at radius 3 is 2.83 bits per heavy atom. The van der Waals surface area contributed by atoms with Crippen LogP contribution in [-0.2, 0) is 11.4 Å². The minimum Gasteiger partial charge on any atom is -0.452 e. The third-order valence-electron chi connectivity index (χ3n) is 1.19. The number of rotatable bonds is 4. The molecule has 0 aliphatic carbocycles. The Bertz CT molecular complexity index is 230. The minimum absolute atomic E-state index is 0.568. The van der Waals surface area contributed by atoms with E-state index >= 15 is 0 Å². The first-order chi connectivity index (χ1) is 5.74. The van der Waals surface area contributed by atoms with Crippen molar-refractivity contribution in [3.63, 3.8) is 0 Å². The summed E-state index contributed by atoms with van der Waals surface area (Å²) in [6.45, 7) is 3.13. The van der Waals surface area contributed by atoms with Crippen molar-refractivity contribution in [1.82, 2.24) is 5.48 Å². The predicted octanol–water partition coefficient (Wildman–Crippen LogP) is 2.85. The number of halogens is 2. The Balaban J connectivity index is 2.42. The second-order valence-electron chi connectivity index (χ2n) is 2.09. The van der Waals surface area contributed by atoms with E-state index in [-0.39, 0.29) is 0 Å². The summed E-state index contributed by atoms with van der Waals surface area (Å²) in [6, 6.07) is 1.89. The first-order valence-corrected chi connectivity index (χ1v) is 5.11. The highest BCUT2D eigenvalue weighted by Crippen LogP contribution is 2.26. The Labute approximate surface area is 87.7 Å². The molecule has 1 heterocycles. The topological polar surface area (TPSA) is 34.4 Å². The van der Waals surface area contributed by atoms with E-state index in [9.17, 15) is 0 Å². The number of furan rings is 1. The van der Waals surface area contributed by atoms with Gasteiger partial charge in [0.1, 0.15) is 5.76 Å². The molecule has 0 aliphatic heterocycles. The van der Waals surface area contributed by atoms with Crippen LogP contribution in [-0.4, -0.2) is 6.61 Å². The van der Waals surface area contributed by atoms with Crippen molar-refractivity contribution < 1.29 is 9.25 Å². The van der Waals surface area contributed by atoms with Crippen LogP contribution >= 0.6 is 31.9 Å². The van der Waals surface area contributed by atoms with Gasteiger partial charge in [-0.05, 0) is 44.8 Å². The third-order valence-corrected chi connectivity index (χ3v) is 2.90.